The maximum atomic E-state index is 14.8. The molecule has 1 aliphatic carbocycles. The zero-order chi connectivity index (χ0) is 33.4. The maximum Gasteiger partial charge on any atom is 0.197 e. The quantitative estimate of drug-likeness (QED) is 0.249. The second kappa shape index (κ2) is 10.8. The van der Waals surface area contributed by atoms with Gasteiger partial charge in [0.1, 0.15) is 11.9 Å². The van der Waals surface area contributed by atoms with Crippen molar-refractivity contribution >= 4 is 33.2 Å². The van der Waals surface area contributed by atoms with Crippen molar-refractivity contribution in [1.82, 2.24) is 4.57 Å². The highest BCUT2D eigenvalue weighted by Gasteiger charge is 2.35. The first-order chi connectivity index (χ1) is 20.6. The average Bonchev–Trinajstić information content (AvgIpc) is 3.21. The third kappa shape index (κ3) is 6.20. The molecule has 0 bridgehead atoms. The summed E-state index contributed by atoms with van der Waals surface area (Å²) >= 11 is 0. The smallest absolute Gasteiger partial charge is 0.197 e. The van der Waals surface area contributed by atoms with Crippen LogP contribution in [0.15, 0.2) is 54.6 Å². The normalized spacial score (nSPS) is 18.6. The SMILES string of the molecule is CC(C)(C)CC(C)(C)c1cc(C2=CC(F)CC(F)C2=O)c(O)c(-n2c3ccc(C(C)(C)C)cc3c3cc(C(C)(C)C)ccc32)c1. The number of fused-ring (bicyclic) bond motifs is 3. The number of hydrogen-bond acceptors (Lipinski definition) is 2. The van der Waals surface area contributed by atoms with E-state index in [4.69, 9.17) is 0 Å². The molecule has 3 nitrogen and oxygen atoms in total. The summed E-state index contributed by atoms with van der Waals surface area (Å²) in [7, 11) is 0. The number of allylic oxidation sites excluding steroid dienone is 2. The number of phenolic OH excluding ortho intramolecular Hbond substituents is 1. The number of nitrogens with zero attached hydrogens (tertiary/aromatic N) is 1. The van der Waals surface area contributed by atoms with Gasteiger partial charge in [-0.05, 0) is 87.2 Å². The summed E-state index contributed by atoms with van der Waals surface area (Å²) in [5.41, 5.74) is 5.11. The molecule has 3 aromatic carbocycles. The van der Waals surface area contributed by atoms with Crippen molar-refractivity contribution in [2.75, 3.05) is 0 Å². The van der Waals surface area contributed by atoms with Gasteiger partial charge in [0.15, 0.2) is 12.0 Å². The number of hydrogen-bond donors (Lipinski definition) is 1. The molecule has 1 aliphatic rings. The Bertz CT molecular complexity index is 1770. The van der Waals surface area contributed by atoms with E-state index in [1.165, 1.54) is 17.2 Å². The molecular formula is C40H49F2NO2. The Morgan fingerprint density at radius 2 is 1.27 bits per heavy atom. The zero-order valence-electron chi connectivity index (χ0n) is 28.8. The number of Topliss-reactive ketones (excluding diaryl/α,β-unsaturated/α-hetero) is 1. The Morgan fingerprint density at radius 1 is 0.756 bits per heavy atom. The molecule has 5 rings (SSSR count). The Balaban J connectivity index is 1.91. The van der Waals surface area contributed by atoms with Crippen LogP contribution in [0.25, 0.3) is 33.1 Å². The number of aromatic hydroxyl groups is 1. The third-order valence-electron chi connectivity index (χ3n) is 9.20. The van der Waals surface area contributed by atoms with Gasteiger partial charge in [0.25, 0.3) is 0 Å². The Labute approximate surface area is 267 Å². The molecule has 1 aromatic heterocycles. The first-order valence-corrected chi connectivity index (χ1v) is 16.1. The van der Waals surface area contributed by atoms with Crippen molar-refractivity contribution in [2.45, 2.75) is 118 Å². The van der Waals surface area contributed by atoms with Gasteiger partial charge in [-0.15, -0.1) is 0 Å². The van der Waals surface area contributed by atoms with E-state index < -0.39 is 24.5 Å². The molecule has 45 heavy (non-hydrogen) atoms. The molecule has 2 atom stereocenters. The lowest BCUT2D eigenvalue weighted by molar-refractivity contribution is -0.119. The lowest BCUT2D eigenvalue weighted by Crippen LogP contribution is -2.27. The number of phenols is 1. The highest BCUT2D eigenvalue weighted by atomic mass is 19.1. The van der Waals surface area contributed by atoms with Crippen molar-refractivity contribution in [1.29, 1.82) is 0 Å². The molecule has 4 aromatic rings. The molecule has 1 heterocycles. The number of carbonyl (C=O) groups is 1. The minimum atomic E-state index is -1.95. The van der Waals surface area contributed by atoms with E-state index in [9.17, 15) is 18.7 Å². The van der Waals surface area contributed by atoms with Crippen LogP contribution in [-0.2, 0) is 21.0 Å². The standard InChI is InChI=1S/C40H49F2NO2/c1-37(2,3)22-40(10,11)25-18-29(30-20-26(41)21-31(42)35(30)44)36(45)34(19-25)43-32-14-12-23(38(4,5)6)16-27(32)28-17-24(39(7,8)9)13-15-33(28)43/h12-20,26,31,45H,21-22H2,1-11H3. The number of rotatable bonds is 4. The highest BCUT2D eigenvalue weighted by molar-refractivity contribution is 6.24. The minimum absolute atomic E-state index is 0.0186. The van der Waals surface area contributed by atoms with Gasteiger partial charge in [-0.3, -0.25) is 4.79 Å². The van der Waals surface area contributed by atoms with E-state index in [1.807, 2.05) is 10.6 Å². The van der Waals surface area contributed by atoms with Crippen molar-refractivity contribution < 1.29 is 18.7 Å². The molecule has 1 N–H and O–H groups in total. The number of alkyl halides is 2. The lowest BCUT2D eigenvalue weighted by Gasteiger charge is -2.34. The summed E-state index contributed by atoms with van der Waals surface area (Å²) in [5, 5.41) is 14.2. The first-order valence-electron chi connectivity index (χ1n) is 16.1. The van der Waals surface area contributed by atoms with Crippen LogP contribution in [0.3, 0.4) is 0 Å². The van der Waals surface area contributed by atoms with Gasteiger partial charge in [0, 0.05) is 28.3 Å². The van der Waals surface area contributed by atoms with E-state index in [1.54, 1.807) is 6.07 Å². The molecule has 0 aliphatic heterocycles. The number of ketones is 1. The van der Waals surface area contributed by atoms with Crippen molar-refractivity contribution in [3.05, 3.63) is 76.9 Å². The Hall–Kier alpha value is -3.47. The highest BCUT2D eigenvalue weighted by Crippen LogP contribution is 2.46. The van der Waals surface area contributed by atoms with E-state index >= 15 is 0 Å². The van der Waals surface area contributed by atoms with Gasteiger partial charge in [-0.2, -0.15) is 0 Å². The molecule has 0 spiro atoms. The number of halogens is 2. The fraction of sp³-hybridized carbons (Fsp3) is 0.475. The second-order valence-electron chi connectivity index (χ2n) is 17.0. The van der Waals surface area contributed by atoms with Crippen LogP contribution in [0.5, 0.6) is 5.75 Å². The minimum Gasteiger partial charge on any atom is -0.505 e. The van der Waals surface area contributed by atoms with Crippen LogP contribution in [0.1, 0.15) is 111 Å². The van der Waals surface area contributed by atoms with Gasteiger partial charge >= 0.3 is 0 Å². The largest absolute Gasteiger partial charge is 0.505 e. The predicted molar refractivity (Wildman–Crippen MR) is 184 cm³/mol. The summed E-state index contributed by atoms with van der Waals surface area (Å²) in [5.74, 6) is -0.951. The van der Waals surface area contributed by atoms with Gasteiger partial charge < -0.3 is 9.67 Å². The van der Waals surface area contributed by atoms with Crippen LogP contribution < -0.4 is 0 Å². The third-order valence-corrected chi connectivity index (χ3v) is 9.20. The fourth-order valence-corrected chi connectivity index (χ4v) is 7.06. The second-order valence-corrected chi connectivity index (χ2v) is 17.0. The monoisotopic (exact) mass is 613 g/mol. The summed E-state index contributed by atoms with van der Waals surface area (Å²) < 4.78 is 31.6. The molecule has 240 valence electrons. The molecule has 0 saturated heterocycles. The maximum absolute atomic E-state index is 14.8. The van der Waals surface area contributed by atoms with E-state index in [-0.39, 0.29) is 38.5 Å². The van der Waals surface area contributed by atoms with E-state index in [0.29, 0.717) is 5.69 Å². The molecule has 2 unspecified atom stereocenters. The van der Waals surface area contributed by atoms with Crippen molar-refractivity contribution in [3.8, 4) is 11.4 Å². The van der Waals surface area contributed by atoms with Gasteiger partial charge in [0.05, 0.1) is 16.7 Å². The predicted octanol–water partition coefficient (Wildman–Crippen LogP) is 10.8. The van der Waals surface area contributed by atoms with Crippen molar-refractivity contribution in [2.24, 2.45) is 5.41 Å². The molecular weight excluding hydrogens is 564 g/mol. The lowest BCUT2D eigenvalue weighted by atomic mass is 9.71. The first kappa shape index (κ1) is 32.9. The van der Waals surface area contributed by atoms with Gasteiger partial charge in [0.2, 0.25) is 0 Å². The van der Waals surface area contributed by atoms with Crippen molar-refractivity contribution in [3.63, 3.8) is 0 Å². The molecule has 0 saturated carbocycles. The van der Waals surface area contributed by atoms with Gasteiger partial charge in [-0.1, -0.05) is 88.3 Å². The topological polar surface area (TPSA) is 42.2 Å². The average molecular weight is 614 g/mol. The molecule has 5 heteroatoms. The molecule has 0 amide bonds. The van der Waals surface area contributed by atoms with Crippen LogP contribution >= 0.6 is 0 Å². The van der Waals surface area contributed by atoms with Crippen LogP contribution in [0.2, 0.25) is 0 Å². The van der Waals surface area contributed by atoms with E-state index in [2.05, 4.69) is 113 Å². The molecule has 0 fully saturated rings. The number of aromatic nitrogens is 1. The fourth-order valence-electron chi connectivity index (χ4n) is 7.06. The summed E-state index contributed by atoms with van der Waals surface area (Å²) in [6.45, 7) is 24.0. The molecule has 0 radical (unpaired) electrons. The summed E-state index contributed by atoms with van der Waals surface area (Å²) in [4.78, 5) is 13.2. The summed E-state index contributed by atoms with van der Waals surface area (Å²) in [6, 6.07) is 16.7. The van der Waals surface area contributed by atoms with Crippen LogP contribution in [0.4, 0.5) is 8.78 Å². The van der Waals surface area contributed by atoms with Crippen LogP contribution in [-0.4, -0.2) is 27.8 Å². The number of carbonyl (C=O) groups excluding carboxylic acids is 1. The Morgan fingerprint density at radius 3 is 1.73 bits per heavy atom. The zero-order valence-corrected chi connectivity index (χ0v) is 28.8. The Kier molecular flexibility index (Phi) is 7.91. The van der Waals surface area contributed by atoms with Gasteiger partial charge in [-0.25, -0.2) is 8.78 Å². The van der Waals surface area contributed by atoms with E-state index in [0.717, 1.165) is 33.8 Å². The number of benzene rings is 3. The van der Waals surface area contributed by atoms with Crippen LogP contribution in [0, 0.1) is 5.41 Å². The summed E-state index contributed by atoms with van der Waals surface area (Å²) in [6.07, 6.45) is -2.07.